The first-order chi connectivity index (χ1) is 6.16. The van der Waals surface area contributed by atoms with Crippen molar-refractivity contribution in [3.63, 3.8) is 0 Å². The average Bonchev–Trinajstić information content (AvgIpc) is 2.02. The third-order valence-electron chi connectivity index (χ3n) is 1.97. The molecule has 2 rings (SSSR count). The quantitative estimate of drug-likeness (QED) is 0.600. The topological polar surface area (TPSA) is 25.8 Å². The molecule has 2 heterocycles. The fourth-order valence-electron chi connectivity index (χ4n) is 1.42. The smallest absolute Gasteiger partial charge is 0.129 e. The summed E-state index contributed by atoms with van der Waals surface area (Å²) in [6.45, 7) is 3.93. The Kier molecular flexibility index (Phi) is 1.93. The van der Waals surface area contributed by atoms with E-state index in [1.807, 2.05) is 26.0 Å². The largest absolute Gasteiger partial charge is 0.258 e. The van der Waals surface area contributed by atoms with E-state index in [4.69, 9.17) is 11.6 Å². The van der Waals surface area contributed by atoms with Gasteiger partial charge in [-0.05, 0) is 32.0 Å². The number of fused-ring (bicyclic) bond motifs is 1. The van der Waals surface area contributed by atoms with Crippen LogP contribution in [0.1, 0.15) is 11.4 Å². The van der Waals surface area contributed by atoms with Gasteiger partial charge in [-0.2, -0.15) is 0 Å². The van der Waals surface area contributed by atoms with Crippen molar-refractivity contribution in [2.24, 2.45) is 0 Å². The van der Waals surface area contributed by atoms with Gasteiger partial charge in [0.1, 0.15) is 5.15 Å². The molecule has 0 bridgehead atoms. The molecule has 0 saturated heterocycles. The number of hydrogen-bond donors (Lipinski definition) is 0. The highest BCUT2D eigenvalue weighted by molar-refractivity contribution is 6.29. The van der Waals surface area contributed by atoms with Crippen LogP contribution in [0.4, 0.5) is 0 Å². The van der Waals surface area contributed by atoms with Crippen molar-refractivity contribution < 1.29 is 0 Å². The zero-order valence-corrected chi connectivity index (χ0v) is 8.26. The maximum absolute atomic E-state index is 5.79. The SMILES string of the molecule is Cc1cc2nc(Cl)ccc2c(C)n1. The molecule has 66 valence electrons. The molecule has 13 heavy (non-hydrogen) atoms. The highest BCUT2D eigenvalue weighted by Gasteiger charge is 2.01. The Morgan fingerprint density at radius 3 is 2.69 bits per heavy atom. The van der Waals surface area contributed by atoms with Gasteiger partial charge in [0.2, 0.25) is 0 Å². The maximum atomic E-state index is 5.79. The zero-order valence-electron chi connectivity index (χ0n) is 7.50. The van der Waals surface area contributed by atoms with Crippen molar-refractivity contribution in [2.75, 3.05) is 0 Å². The van der Waals surface area contributed by atoms with Crippen LogP contribution in [-0.2, 0) is 0 Å². The summed E-state index contributed by atoms with van der Waals surface area (Å²) in [5.74, 6) is 0. The van der Waals surface area contributed by atoms with Crippen LogP contribution < -0.4 is 0 Å². The van der Waals surface area contributed by atoms with Crippen LogP contribution in [0, 0.1) is 13.8 Å². The van der Waals surface area contributed by atoms with Crippen molar-refractivity contribution in [1.82, 2.24) is 9.97 Å². The lowest BCUT2D eigenvalue weighted by Crippen LogP contribution is -1.90. The Labute approximate surface area is 81.6 Å². The summed E-state index contributed by atoms with van der Waals surface area (Å²) in [6.07, 6.45) is 0. The van der Waals surface area contributed by atoms with Gasteiger partial charge in [0.05, 0.1) is 5.52 Å². The summed E-state index contributed by atoms with van der Waals surface area (Å²) in [6, 6.07) is 5.68. The predicted molar refractivity (Wildman–Crippen MR) is 54.0 cm³/mol. The minimum absolute atomic E-state index is 0.525. The van der Waals surface area contributed by atoms with E-state index in [1.165, 1.54) is 0 Å². The fraction of sp³-hybridized carbons (Fsp3) is 0.200. The van der Waals surface area contributed by atoms with Crippen LogP contribution >= 0.6 is 11.6 Å². The number of rotatable bonds is 0. The van der Waals surface area contributed by atoms with Gasteiger partial charge < -0.3 is 0 Å². The average molecular weight is 193 g/mol. The molecule has 2 aromatic rings. The first-order valence-corrected chi connectivity index (χ1v) is 4.45. The van der Waals surface area contributed by atoms with E-state index in [1.54, 1.807) is 6.07 Å². The third kappa shape index (κ3) is 1.49. The van der Waals surface area contributed by atoms with E-state index in [2.05, 4.69) is 9.97 Å². The second kappa shape index (κ2) is 2.96. The molecule has 0 radical (unpaired) electrons. The second-order valence-electron chi connectivity index (χ2n) is 3.05. The number of pyridine rings is 2. The maximum Gasteiger partial charge on any atom is 0.129 e. The summed E-state index contributed by atoms with van der Waals surface area (Å²) in [5.41, 5.74) is 2.89. The Morgan fingerprint density at radius 2 is 1.92 bits per heavy atom. The van der Waals surface area contributed by atoms with Crippen LogP contribution in [0.5, 0.6) is 0 Å². The number of aryl methyl sites for hydroxylation is 2. The van der Waals surface area contributed by atoms with Gasteiger partial charge in [-0.15, -0.1) is 0 Å². The Morgan fingerprint density at radius 1 is 1.15 bits per heavy atom. The van der Waals surface area contributed by atoms with Gasteiger partial charge in [-0.25, -0.2) is 4.98 Å². The molecule has 0 fully saturated rings. The minimum Gasteiger partial charge on any atom is -0.258 e. The van der Waals surface area contributed by atoms with Gasteiger partial charge in [0.25, 0.3) is 0 Å². The van der Waals surface area contributed by atoms with Gasteiger partial charge in [0.15, 0.2) is 0 Å². The number of nitrogens with zero attached hydrogens (tertiary/aromatic N) is 2. The lowest BCUT2D eigenvalue weighted by molar-refractivity contribution is 1.14. The molecular weight excluding hydrogens is 184 g/mol. The van der Waals surface area contributed by atoms with Crippen molar-refractivity contribution >= 4 is 22.5 Å². The van der Waals surface area contributed by atoms with Crippen LogP contribution in [0.2, 0.25) is 5.15 Å². The van der Waals surface area contributed by atoms with Crippen molar-refractivity contribution in [1.29, 1.82) is 0 Å². The van der Waals surface area contributed by atoms with E-state index >= 15 is 0 Å². The number of hydrogen-bond acceptors (Lipinski definition) is 2. The molecule has 0 amide bonds. The first kappa shape index (κ1) is 8.45. The van der Waals surface area contributed by atoms with Crippen molar-refractivity contribution in [3.05, 3.63) is 34.7 Å². The summed E-state index contributed by atoms with van der Waals surface area (Å²) in [4.78, 5) is 8.57. The summed E-state index contributed by atoms with van der Waals surface area (Å²) in [7, 11) is 0. The fourth-order valence-corrected chi connectivity index (χ4v) is 1.57. The summed E-state index contributed by atoms with van der Waals surface area (Å²) >= 11 is 5.79. The molecular formula is C10H9ClN2. The molecule has 0 aliphatic rings. The van der Waals surface area contributed by atoms with Crippen LogP contribution in [0.15, 0.2) is 18.2 Å². The zero-order chi connectivity index (χ0) is 9.42. The van der Waals surface area contributed by atoms with E-state index in [0.717, 1.165) is 22.3 Å². The van der Waals surface area contributed by atoms with E-state index in [0.29, 0.717) is 5.15 Å². The van der Waals surface area contributed by atoms with E-state index < -0.39 is 0 Å². The third-order valence-corrected chi connectivity index (χ3v) is 2.18. The number of halogens is 1. The second-order valence-corrected chi connectivity index (χ2v) is 3.44. The van der Waals surface area contributed by atoms with Gasteiger partial charge in [-0.1, -0.05) is 11.6 Å². The highest BCUT2D eigenvalue weighted by Crippen LogP contribution is 2.18. The van der Waals surface area contributed by atoms with Gasteiger partial charge in [0, 0.05) is 16.8 Å². The lowest BCUT2D eigenvalue weighted by Gasteiger charge is -2.02. The first-order valence-electron chi connectivity index (χ1n) is 4.07. The lowest BCUT2D eigenvalue weighted by atomic mass is 10.2. The normalized spacial score (nSPS) is 10.7. The van der Waals surface area contributed by atoms with Crippen molar-refractivity contribution in [3.8, 4) is 0 Å². The van der Waals surface area contributed by atoms with Crippen LogP contribution in [0.3, 0.4) is 0 Å². The molecule has 0 aromatic carbocycles. The molecule has 2 nitrogen and oxygen atoms in total. The van der Waals surface area contributed by atoms with Crippen molar-refractivity contribution in [2.45, 2.75) is 13.8 Å². The molecule has 0 unspecified atom stereocenters. The van der Waals surface area contributed by atoms with Gasteiger partial charge >= 0.3 is 0 Å². The van der Waals surface area contributed by atoms with Gasteiger partial charge in [-0.3, -0.25) is 4.98 Å². The number of aromatic nitrogens is 2. The van der Waals surface area contributed by atoms with Crippen LogP contribution in [0.25, 0.3) is 10.9 Å². The molecule has 3 heteroatoms. The molecule has 0 aliphatic heterocycles. The highest BCUT2D eigenvalue weighted by atomic mass is 35.5. The molecule has 0 saturated carbocycles. The molecule has 0 N–H and O–H groups in total. The molecule has 0 spiro atoms. The molecule has 0 aliphatic carbocycles. The van der Waals surface area contributed by atoms with E-state index in [9.17, 15) is 0 Å². The molecule has 0 atom stereocenters. The summed E-state index contributed by atoms with van der Waals surface area (Å²) < 4.78 is 0. The monoisotopic (exact) mass is 192 g/mol. The predicted octanol–water partition coefficient (Wildman–Crippen LogP) is 2.90. The summed E-state index contributed by atoms with van der Waals surface area (Å²) in [5, 5.41) is 1.59. The van der Waals surface area contributed by atoms with E-state index in [-0.39, 0.29) is 0 Å². The Balaban J connectivity index is 2.86. The minimum atomic E-state index is 0.525. The van der Waals surface area contributed by atoms with Crippen LogP contribution in [-0.4, -0.2) is 9.97 Å². The Hall–Kier alpha value is -1.15. The Bertz CT molecular complexity index is 460. The standard InChI is InChI=1S/C10H9ClN2/c1-6-5-9-8(7(2)12-6)3-4-10(11)13-9/h3-5H,1-2H3. The molecule has 2 aromatic heterocycles.